The fraction of sp³-hybridized carbons (Fsp3) is 0.579. The van der Waals surface area contributed by atoms with E-state index in [4.69, 9.17) is 10.5 Å². The molecule has 0 aliphatic heterocycles. The highest BCUT2D eigenvalue weighted by Gasteiger charge is 2.34. The fourth-order valence-electron chi connectivity index (χ4n) is 3.57. The van der Waals surface area contributed by atoms with Crippen molar-refractivity contribution >= 4 is 36.4 Å². The number of carbonyl (C=O) groups is 1. The van der Waals surface area contributed by atoms with E-state index in [0.29, 0.717) is 13.2 Å². The maximum Gasteiger partial charge on any atom is 0.225 e. The summed E-state index contributed by atoms with van der Waals surface area (Å²) in [6.07, 6.45) is 7.17. The second kappa shape index (κ2) is 10.9. The molecule has 8 heteroatoms. The Morgan fingerprint density at radius 1 is 1.37 bits per heavy atom. The van der Waals surface area contributed by atoms with E-state index in [1.54, 1.807) is 4.90 Å². The Labute approximate surface area is 173 Å². The summed E-state index contributed by atoms with van der Waals surface area (Å²) in [6.45, 7) is 3.34. The van der Waals surface area contributed by atoms with E-state index in [2.05, 4.69) is 11.9 Å². The number of fused-ring (bicyclic) bond motifs is 1. The normalized spacial score (nSPS) is 22.0. The Morgan fingerprint density at radius 2 is 2.15 bits per heavy atom. The van der Waals surface area contributed by atoms with Crippen LogP contribution in [0.4, 0.5) is 0 Å². The lowest BCUT2D eigenvalue weighted by Crippen LogP contribution is -2.46. The molecule has 2 aromatic rings. The van der Waals surface area contributed by atoms with E-state index in [-0.39, 0.29) is 48.8 Å². The van der Waals surface area contributed by atoms with Gasteiger partial charge in [0.25, 0.3) is 0 Å². The number of amides is 1. The molecule has 1 aliphatic carbocycles. The average Bonchev–Trinajstić information content (AvgIpc) is 3.03. The molecular formula is C19H30Cl2N4O2. The Bertz CT molecular complexity index is 725. The minimum absolute atomic E-state index is 0. The third kappa shape index (κ3) is 5.57. The van der Waals surface area contributed by atoms with Crippen molar-refractivity contribution in [2.45, 2.75) is 51.3 Å². The van der Waals surface area contributed by atoms with Crippen molar-refractivity contribution in [3.63, 3.8) is 0 Å². The van der Waals surface area contributed by atoms with E-state index in [1.165, 1.54) is 0 Å². The molecule has 1 saturated carbocycles. The summed E-state index contributed by atoms with van der Waals surface area (Å²) in [5.41, 5.74) is 8.08. The molecule has 3 atom stereocenters. The van der Waals surface area contributed by atoms with Gasteiger partial charge in [0.05, 0.1) is 24.5 Å². The van der Waals surface area contributed by atoms with E-state index < -0.39 is 0 Å². The predicted octanol–water partition coefficient (Wildman–Crippen LogP) is 3.06. The molecule has 3 rings (SSSR count). The van der Waals surface area contributed by atoms with Crippen LogP contribution >= 0.6 is 24.8 Å². The molecular weight excluding hydrogens is 387 g/mol. The number of nitrogens with two attached hydrogens (primary N) is 1. The quantitative estimate of drug-likeness (QED) is 0.784. The SMILES string of the molecule is CCCO[C@@H]1C[C@@H](C(=O)N(C)Cc2cnc3ccccn23)CC[C@H]1N.Cl.Cl. The zero-order chi connectivity index (χ0) is 17.8. The van der Waals surface area contributed by atoms with E-state index in [0.717, 1.165) is 37.0 Å². The molecule has 2 heterocycles. The number of hydrogen-bond acceptors (Lipinski definition) is 4. The molecule has 2 aromatic heterocycles. The van der Waals surface area contributed by atoms with Crippen LogP contribution in [0, 0.1) is 5.92 Å². The second-order valence-corrected chi connectivity index (χ2v) is 6.96. The van der Waals surface area contributed by atoms with Crippen LogP contribution in [0.2, 0.25) is 0 Å². The van der Waals surface area contributed by atoms with Crippen LogP contribution in [0.1, 0.15) is 38.3 Å². The smallest absolute Gasteiger partial charge is 0.225 e. The summed E-state index contributed by atoms with van der Waals surface area (Å²) in [5.74, 6) is 0.161. The van der Waals surface area contributed by atoms with E-state index in [9.17, 15) is 4.79 Å². The fourth-order valence-corrected chi connectivity index (χ4v) is 3.57. The molecule has 27 heavy (non-hydrogen) atoms. The van der Waals surface area contributed by atoms with Gasteiger partial charge in [-0.05, 0) is 37.8 Å². The minimum Gasteiger partial charge on any atom is -0.377 e. The van der Waals surface area contributed by atoms with Gasteiger partial charge in [-0.3, -0.25) is 4.79 Å². The van der Waals surface area contributed by atoms with Gasteiger partial charge in [0, 0.05) is 31.8 Å². The monoisotopic (exact) mass is 416 g/mol. The topological polar surface area (TPSA) is 72.9 Å². The average molecular weight is 417 g/mol. The van der Waals surface area contributed by atoms with Crippen LogP contribution in [0.3, 0.4) is 0 Å². The van der Waals surface area contributed by atoms with Gasteiger partial charge in [0.1, 0.15) is 5.65 Å². The van der Waals surface area contributed by atoms with Gasteiger partial charge in [0.2, 0.25) is 5.91 Å². The van der Waals surface area contributed by atoms with Gasteiger partial charge in [-0.1, -0.05) is 13.0 Å². The molecule has 1 amide bonds. The molecule has 0 bridgehead atoms. The number of pyridine rings is 1. The Morgan fingerprint density at radius 3 is 2.89 bits per heavy atom. The van der Waals surface area contributed by atoms with Gasteiger partial charge < -0.3 is 19.8 Å². The zero-order valence-electron chi connectivity index (χ0n) is 15.9. The van der Waals surface area contributed by atoms with Crippen molar-refractivity contribution in [2.75, 3.05) is 13.7 Å². The summed E-state index contributed by atoms with van der Waals surface area (Å²) in [7, 11) is 1.86. The van der Waals surface area contributed by atoms with Gasteiger partial charge in [-0.25, -0.2) is 4.98 Å². The van der Waals surface area contributed by atoms with Crippen LogP contribution in [-0.2, 0) is 16.1 Å². The summed E-state index contributed by atoms with van der Waals surface area (Å²) in [5, 5.41) is 0. The zero-order valence-corrected chi connectivity index (χ0v) is 17.5. The Hall–Kier alpha value is -1.34. The number of nitrogens with zero attached hydrogens (tertiary/aromatic N) is 3. The molecule has 0 radical (unpaired) electrons. The highest BCUT2D eigenvalue weighted by Crippen LogP contribution is 2.27. The van der Waals surface area contributed by atoms with Crippen LogP contribution < -0.4 is 5.73 Å². The maximum absolute atomic E-state index is 12.9. The molecule has 1 aliphatic rings. The number of aromatic nitrogens is 2. The number of carbonyl (C=O) groups excluding carboxylic acids is 1. The first-order valence-electron chi connectivity index (χ1n) is 9.13. The standard InChI is InChI=1S/C19H28N4O2.2ClH/c1-3-10-25-17-11-14(7-8-16(17)20)19(24)22(2)13-15-12-21-18-6-4-5-9-23(15)18;;/h4-6,9,12,14,16-17H,3,7-8,10-11,13,20H2,1-2H3;2*1H/t14-,16+,17+;;/m0../s1. The van der Waals surface area contributed by atoms with Gasteiger partial charge in [-0.2, -0.15) is 0 Å². The predicted molar refractivity (Wildman–Crippen MR) is 112 cm³/mol. The van der Waals surface area contributed by atoms with Crippen molar-refractivity contribution in [3.8, 4) is 0 Å². The summed E-state index contributed by atoms with van der Waals surface area (Å²) < 4.78 is 7.88. The van der Waals surface area contributed by atoms with Crippen molar-refractivity contribution in [2.24, 2.45) is 11.7 Å². The first kappa shape index (κ1) is 23.7. The van der Waals surface area contributed by atoms with Crippen LogP contribution in [0.25, 0.3) is 5.65 Å². The third-order valence-electron chi connectivity index (χ3n) is 5.00. The first-order chi connectivity index (χ1) is 12.1. The molecule has 0 spiro atoms. The lowest BCUT2D eigenvalue weighted by atomic mass is 9.83. The number of halogens is 2. The number of hydrogen-bond donors (Lipinski definition) is 1. The Balaban J connectivity index is 0.00000182. The number of ether oxygens (including phenoxy) is 1. The van der Waals surface area contributed by atoms with Crippen LogP contribution in [0.5, 0.6) is 0 Å². The lowest BCUT2D eigenvalue weighted by molar-refractivity contribution is -0.138. The van der Waals surface area contributed by atoms with Crippen molar-refractivity contribution in [1.82, 2.24) is 14.3 Å². The van der Waals surface area contributed by atoms with Crippen molar-refractivity contribution in [3.05, 3.63) is 36.3 Å². The highest BCUT2D eigenvalue weighted by atomic mass is 35.5. The molecule has 0 aromatic carbocycles. The molecule has 0 saturated heterocycles. The maximum atomic E-state index is 12.9. The second-order valence-electron chi connectivity index (χ2n) is 6.96. The Kier molecular flexibility index (Phi) is 9.53. The molecule has 1 fully saturated rings. The summed E-state index contributed by atoms with van der Waals surface area (Å²) in [4.78, 5) is 19.1. The minimum atomic E-state index is -0.00848. The molecule has 0 unspecified atom stereocenters. The highest BCUT2D eigenvalue weighted by molar-refractivity contribution is 5.85. The van der Waals surface area contributed by atoms with Crippen molar-refractivity contribution < 1.29 is 9.53 Å². The van der Waals surface area contributed by atoms with Gasteiger partial charge in [-0.15, -0.1) is 24.8 Å². The van der Waals surface area contributed by atoms with E-state index >= 15 is 0 Å². The lowest BCUT2D eigenvalue weighted by Gasteiger charge is -2.35. The third-order valence-corrected chi connectivity index (χ3v) is 5.00. The van der Waals surface area contributed by atoms with Crippen molar-refractivity contribution in [1.29, 1.82) is 0 Å². The molecule has 152 valence electrons. The number of imidazole rings is 1. The van der Waals surface area contributed by atoms with E-state index in [1.807, 2.05) is 42.0 Å². The number of rotatable bonds is 6. The largest absolute Gasteiger partial charge is 0.377 e. The van der Waals surface area contributed by atoms with Crippen LogP contribution in [0.15, 0.2) is 30.6 Å². The van der Waals surface area contributed by atoms with Crippen LogP contribution in [-0.4, -0.2) is 46.0 Å². The molecule has 2 N–H and O–H groups in total. The molecule has 6 nitrogen and oxygen atoms in total. The summed E-state index contributed by atoms with van der Waals surface area (Å²) in [6, 6.07) is 5.93. The first-order valence-corrected chi connectivity index (χ1v) is 9.13. The summed E-state index contributed by atoms with van der Waals surface area (Å²) >= 11 is 0. The van der Waals surface area contributed by atoms with Gasteiger partial charge in [0.15, 0.2) is 0 Å². The van der Waals surface area contributed by atoms with Gasteiger partial charge >= 0.3 is 0 Å².